The smallest absolute Gasteiger partial charge is 0.462 e. The molecule has 0 rings (SSSR count). The van der Waals surface area contributed by atoms with Crippen LogP contribution in [-0.2, 0) is 32.7 Å². The van der Waals surface area contributed by atoms with Crippen molar-refractivity contribution in [2.45, 2.75) is 187 Å². The Morgan fingerprint density at radius 3 is 1.52 bits per heavy atom. The summed E-state index contributed by atoms with van der Waals surface area (Å²) in [5.41, 5.74) is 0. The molecule has 0 radical (unpaired) electrons. The van der Waals surface area contributed by atoms with Gasteiger partial charge in [-0.2, -0.15) is 0 Å². The van der Waals surface area contributed by atoms with E-state index in [1.807, 2.05) is 0 Å². The summed E-state index contributed by atoms with van der Waals surface area (Å²) in [7, 11) is -4.60. The van der Waals surface area contributed by atoms with Crippen LogP contribution in [0.2, 0.25) is 0 Å². The quantitative estimate of drug-likeness (QED) is 0.0249. The van der Waals surface area contributed by atoms with E-state index in [0.717, 1.165) is 38.5 Å². The van der Waals surface area contributed by atoms with Crippen LogP contribution in [0.1, 0.15) is 174 Å². The minimum absolute atomic E-state index is 0.186. The van der Waals surface area contributed by atoms with Crippen molar-refractivity contribution in [2.24, 2.45) is 0 Å². The number of unbranched alkanes of at least 4 members (excludes halogenated alkanes) is 20. The summed E-state index contributed by atoms with van der Waals surface area (Å²) in [5, 5.41) is 18.2. The van der Waals surface area contributed by atoms with E-state index in [9.17, 15) is 24.2 Å². The van der Waals surface area contributed by atoms with Gasteiger partial charge in [0, 0.05) is 12.8 Å². The molecule has 0 aromatic heterocycles. The van der Waals surface area contributed by atoms with E-state index in [0.29, 0.717) is 12.8 Å². The maximum absolute atomic E-state index is 12.5. The number of hydrogen-bond acceptors (Lipinski definition) is 9. The summed E-state index contributed by atoms with van der Waals surface area (Å²) in [5.74, 6) is -0.927. The van der Waals surface area contributed by atoms with Gasteiger partial charge in [0.1, 0.15) is 12.7 Å². The van der Waals surface area contributed by atoms with E-state index in [-0.39, 0.29) is 19.4 Å². The van der Waals surface area contributed by atoms with Gasteiger partial charge in [-0.25, -0.2) is 4.57 Å². The van der Waals surface area contributed by atoms with Gasteiger partial charge in [0.25, 0.3) is 0 Å². The largest absolute Gasteiger partial charge is 0.472 e. The second-order valence-corrected chi connectivity index (χ2v) is 14.4. The Hall–Kier alpha value is -1.29. The fourth-order valence-corrected chi connectivity index (χ4v) is 5.95. The second-order valence-electron chi connectivity index (χ2n) is 13.0. The summed E-state index contributed by atoms with van der Waals surface area (Å²) in [6.07, 6.45) is 29.1. The van der Waals surface area contributed by atoms with Crippen LogP contribution in [0.25, 0.3) is 0 Å². The van der Waals surface area contributed by atoms with Crippen molar-refractivity contribution in [1.29, 1.82) is 0 Å². The predicted octanol–water partition coefficient (Wildman–Crippen LogP) is 9.28. The molecule has 0 aromatic carbocycles. The molecule has 3 N–H and O–H groups in total. The molecule has 1 unspecified atom stereocenters. The highest BCUT2D eigenvalue weighted by Crippen LogP contribution is 2.43. The van der Waals surface area contributed by atoms with Crippen LogP contribution in [0.5, 0.6) is 0 Å². The summed E-state index contributed by atoms with van der Waals surface area (Å²) in [4.78, 5) is 34.7. The zero-order valence-corrected chi connectivity index (χ0v) is 31.4. The number of carbonyl (C=O) groups is 2. The van der Waals surface area contributed by atoms with Crippen molar-refractivity contribution in [2.75, 3.05) is 26.4 Å². The number of carbonyl (C=O) groups excluding carboxylic acids is 2. The molecule has 48 heavy (non-hydrogen) atoms. The lowest BCUT2D eigenvalue weighted by molar-refractivity contribution is -0.161. The standard InChI is InChI=1S/C37H71O10P/c1-3-5-7-9-11-13-14-15-16-17-18-19-20-21-23-24-26-28-36(40)44-32-35(33-46-48(42,43)45-31-34(39)30-38)47-37(41)29-27-25-22-12-10-8-6-4-2/h13-14,34-35,38-39H,3-12,15-33H2,1-2H3,(H,42,43)/b14-13+/t34-,35+/m1/s1. The summed E-state index contributed by atoms with van der Waals surface area (Å²) < 4.78 is 32.5. The van der Waals surface area contributed by atoms with Crippen LogP contribution in [0.4, 0.5) is 0 Å². The molecular weight excluding hydrogens is 635 g/mol. The number of hydrogen-bond donors (Lipinski definition) is 3. The SMILES string of the molecule is CCCCCC/C=C/CCCCCCCCCCCC(=O)OC[C@@H](COP(=O)(O)OC[C@H](O)CO)OC(=O)CCCCCCCCCC. The van der Waals surface area contributed by atoms with Crippen molar-refractivity contribution < 1.29 is 47.8 Å². The normalized spacial score (nSPS) is 14.2. The van der Waals surface area contributed by atoms with E-state index >= 15 is 0 Å². The van der Waals surface area contributed by atoms with Gasteiger partial charge < -0.3 is 24.6 Å². The third kappa shape index (κ3) is 33.2. The zero-order chi connectivity index (χ0) is 35.6. The van der Waals surface area contributed by atoms with E-state index in [1.54, 1.807) is 0 Å². The average molecular weight is 707 g/mol. The molecule has 0 amide bonds. The maximum Gasteiger partial charge on any atom is 0.472 e. The number of aliphatic hydroxyl groups is 2. The highest BCUT2D eigenvalue weighted by atomic mass is 31.2. The summed E-state index contributed by atoms with van der Waals surface area (Å²) >= 11 is 0. The van der Waals surface area contributed by atoms with Crippen LogP contribution >= 0.6 is 7.82 Å². The van der Waals surface area contributed by atoms with Crippen LogP contribution in [-0.4, -0.2) is 65.7 Å². The maximum atomic E-state index is 12.5. The number of phosphoric ester groups is 1. The molecular formula is C37H71O10P. The molecule has 0 bridgehead atoms. The molecule has 11 heteroatoms. The molecule has 0 aliphatic rings. The Balaban J connectivity index is 4.24. The van der Waals surface area contributed by atoms with Gasteiger partial charge in [-0.15, -0.1) is 0 Å². The van der Waals surface area contributed by atoms with E-state index < -0.39 is 51.8 Å². The number of ether oxygens (including phenoxy) is 2. The number of phosphoric acid groups is 1. The number of rotatable bonds is 36. The van der Waals surface area contributed by atoms with Crippen molar-refractivity contribution in [1.82, 2.24) is 0 Å². The first-order valence-electron chi connectivity index (χ1n) is 19.1. The first-order chi connectivity index (χ1) is 23.2. The minimum Gasteiger partial charge on any atom is -0.462 e. The highest BCUT2D eigenvalue weighted by Gasteiger charge is 2.27. The molecule has 284 valence electrons. The lowest BCUT2D eigenvalue weighted by atomic mass is 10.1. The third-order valence-electron chi connectivity index (χ3n) is 8.17. The van der Waals surface area contributed by atoms with Crippen LogP contribution in [0, 0.1) is 0 Å². The molecule has 0 spiro atoms. The predicted molar refractivity (Wildman–Crippen MR) is 192 cm³/mol. The molecule has 0 fully saturated rings. The van der Waals surface area contributed by atoms with Crippen molar-refractivity contribution in [3.63, 3.8) is 0 Å². The van der Waals surface area contributed by atoms with Gasteiger partial charge >= 0.3 is 19.8 Å². The molecule has 0 aliphatic carbocycles. The second kappa shape index (κ2) is 34.2. The van der Waals surface area contributed by atoms with E-state index in [1.165, 1.54) is 96.3 Å². The van der Waals surface area contributed by atoms with Gasteiger partial charge in [0.05, 0.1) is 19.8 Å². The van der Waals surface area contributed by atoms with Crippen LogP contribution in [0.3, 0.4) is 0 Å². The summed E-state index contributed by atoms with van der Waals surface area (Å²) in [6, 6.07) is 0. The Morgan fingerprint density at radius 2 is 1.02 bits per heavy atom. The van der Waals surface area contributed by atoms with Gasteiger partial charge in [-0.3, -0.25) is 18.6 Å². The number of aliphatic hydroxyl groups excluding tert-OH is 2. The van der Waals surface area contributed by atoms with Crippen molar-refractivity contribution >= 4 is 19.8 Å². The molecule has 0 saturated carbocycles. The molecule has 0 aliphatic heterocycles. The van der Waals surface area contributed by atoms with Crippen LogP contribution < -0.4 is 0 Å². The first-order valence-corrected chi connectivity index (χ1v) is 20.6. The number of allylic oxidation sites excluding steroid dienone is 2. The topological polar surface area (TPSA) is 149 Å². The Labute approximate surface area is 292 Å². The Morgan fingerprint density at radius 1 is 0.604 bits per heavy atom. The summed E-state index contributed by atoms with van der Waals surface area (Å²) in [6.45, 7) is 2.32. The molecule has 0 aromatic rings. The minimum atomic E-state index is -4.60. The van der Waals surface area contributed by atoms with Gasteiger partial charge in [0.15, 0.2) is 6.10 Å². The third-order valence-corrected chi connectivity index (χ3v) is 9.12. The Kier molecular flexibility index (Phi) is 33.3. The highest BCUT2D eigenvalue weighted by molar-refractivity contribution is 7.47. The molecule has 3 atom stereocenters. The molecule has 10 nitrogen and oxygen atoms in total. The van der Waals surface area contributed by atoms with E-state index in [4.69, 9.17) is 19.1 Å². The average Bonchev–Trinajstić information content (AvgIpc) is 3.07. The van der Waals surface area contributed by atoms with Gasteiger partial charge in [-0.1, -0.05) is 135 Å². The monoisotopic (exact) mass is 706 g/mol. The van der Waals surface area contributed by atoms with Crippen molar-refractivity contribution in [3.8, 4) is 0 Å². The molecule has 0 heterocycles. The van der Waals surface area contributed by atoms with Crippen molar-refractivity contribution in [3.05, 3.63) is 12.2 Å². The zero-order valence-electron chi connectivity index (χ0n) is 30.5. The van der Waals surface area contributed by atoms with Gasteiger partial charge in [0.2, 0.25) is 0 Å². The lowest BCUT2D eigenvalue weighted by Gasteiger charge is -2.20. The number of esters is 2. The fraction of sp³-hybridized carbons (Fsp3) is 0.892. The van der Waals surface area contributed by atoms with Crippen LogP contribution in [0.15, 0.2) is 12.2 Å². The lowest BCUT2D eigenvalue weighted by Crippen LogP contribution is -2.29. The van der Waals surface area contributed by atoms with E-state index in [2.05, 4.69) is 30.5 Å². The van der Waals surface area contributed by atoms with Gasteiger partial charge in [-0.05, 0) is 38.5 Å². The first kappa shape index (κ1) is 46.7. The fourth-order valence-electron chi connectivity index (χ4n) is 5.16. The Bertz CT molecular complexity index is 822. The molecule has 0 saturated heterocycles.